The monoisotopic (exact) mass is 642 g/mol. The maximum Gasteiger partial charge on any atom is 0.228 e. The van der Waals surface area contributed by atoms with E-state index in [-0.39, 0.29) is 0 Å². The molecule has 50 heavy (non-hydrogen) atoms. The summed E-state index contributed by atoms with van der Waals surface area (Å²) in [4.78, 5) is 7.13. The predicted octanol–water partition coefficient (Wildman–Crippen LogP) is 13.1. The zero-order valence-corrected chi connectivity index (χ0v) is 26.6. The normalized spacial score (nSPS) is 12.0. The van der Waals surface area contributed by atoms with Crippen molar-refractivity contribution in [1.82, 2.24) is 4.98 Å². The summed E-state index contributed by atoms with van der Waals surface area (Å²) in [5.41, 5.74) is 8.87. The van der Waals surface area contributed by atoms with Gasteiger partial charge in [0.1, 0.15) is 27.8 Å². The van der Waals surface area contributed by atoms with Gasteiger partial charge in [-0.05, 0) is 82.9 Å². The van der Waals surface area contributed by atoms with Crippen LogP contribution in [0.25, 0.3) is 88.0 Å². The van der Waals surface area contributed by atoms with Gasteiger partial charge in [-0.2, -0.15) is 0 Å². The van der Waals surface area contributed by atoms with Gasteiger partial charge in [0.2, 0.25) is 5.89 Å². The standard InChI is InChI=1S/C45H26N2O3/c1-3-12-31-27(9-1)11-7-16-37(31)47(29-21-24-38-35(25-29)43-32-13-4-2-10-28(32)19-23-41(43)48-38)30-20-22-33-42(26-30)49-40-18-8-14-34(44(33)40)45-46-36-15-5-6-17-39(36)50-45/h1-26H. The Morgan fingerprint density at radius 2 is 1.08 bits per heavy atom. The molecule has 0 aliphatic heterocycles. The molecule has 5 heteroatoms. The number of rotatable bonds is 4. The Bertz CT molecular complexity index is 3090. The van der Waals surface area contributed by atoms with E-state index in [2.05, 4.69) is 120 Å². The minimum absolute atomic E-state index is 0.578. The third-order valence-electron chi connectivity index (χ3n) is 9.87. The van der Waals surface area contributed by atoms with Gasteiger partial charge < -0.3 is 18.2 Å². The van der Waals surface area contributed by atoms with E-state index < -0.39 is 0 Å². The fourth-order valence-electron chi connectivity index (χ4n) is 7.62. The van der Waals surface area contributed by atoms with Gasteiger partial charge in [0, 0.05) is 49.9 Å². The van der Waals surface area contributed by atoms with Crippen molar-refractivity contribution in [2.45, 2.75) is 0 Å². The van der Waals surface area contributed by atoms with E-state index in [1.165, 1.54) is 16.2 Å². The van der Waals surface area contributed by atoms with E-state index >= 15 is 0 Å². The summed E-state index contributed by atoms with van der Waals surface area (Å²) in [7, 11) is 0. The molecular formula is C45H26N2O3. The predicted molar refractivity (Wildman–Crippen MR) is 204 cm³/mol. The van der Waals surface area contributed by atoms with E-state index in [1.54, 1.807) is 0 Å². The molecule has 0 amide bonds. The Balaban J connectivity index is 1.15. The second kappa shape index (κ2) is 10.3. The van der Waals surface area contributed by atoms with Crippen LogP contribution in [-0.2, 0) is 0 Å². The van der Waals surface area contributed by atoms with Crippen LogP contribution >= 0.6 is 0 Å². The molecule has 234 valence electrons. The van der Waals surface area contributed by atoms with Gasteiger partial charge in [-0.15, -0.1) is 0 Å². The molecule has 0 atom stereocenters. The third-order valence-corrected chi connectivity index (χ3v) is 9.87. The van der Waals surface area contributed by atoms with Gasteiger partial charge in [-0.25, -0.2) is 4.98 Å². The summed E-state index contributed by atoms with van der Waals surface area (Å²) in [6.07, 6.45) is 0. The van der Waals surface area contributed by atoms with Crippen LogP contribution in [0.1, 0.15) is 0 Å². The van der Waals surface area contributed by atoms with Gasteiger partial charge in [0.15, 0.2) is 5.58 Å². The van der Waals surface area contributed by atoms with Crippen LogP contribution in [0, 0.1) is 0 Å². The first-order valence-corrected chi connectivity index (χ1v) is 16.7. The van der Waals surface area contributed by atoms with Gasteiger partial charge in [-0.3, -0.25) is 0 Å². The topological polar surface area (TPSA) is 55.6 Å². The Hall–Kier alpha value is -6.85. The van der Waals surface area contributed by atoms with Crippen molar-refractivity contribution in [1.29, 1.82) is 0 Å². The number of fused-ring (bicyclic) bond motifs is 10. The maximum atomic E-state index is 6.59. The minimum Gasteiger partial charge on any atom is -0.456 e. The summed E-state index contributed by atoms with van der Waals surface area (Å²) in [5.74, 6) is 0.578. The minimum atomic E-state index is 0.578. The number of nitrogens with zero attached hydrogens (tertiary/aromatic N) is 2. The van der Waals surface area contributed by atoms with Crippen LogP contribution in [0.15, 0.2) is 171 Å². The zero-order valence-electron chi connectivity index (χ0n) is 26.6. The van der Waals surface area contributed by atoms with Crippen molar-refractivity contribution in [3.05, 3.63) is 158 Å². The van der Waals surface area contributed by atoms with Gasteiger partial charge in [0.05, 0.1) is 5.69 Å². The van der Waals surface area contributed by atoms with Crippen LogP contribution in [0.4, 0.5) is 17.1 Å². The molecule has 3 heterocycles. The molecule has 8 aromatic carbocycles. The summed E-state index contributed by atoms with van der Waals surface area (Å²) in [5, 5.41) is 8.87. The molecule has 0 radical (unpaired) electrons. The first-order valence-electron chi connectivity index (χ1n) is 16.7. The van der Waals surface area contributed by atoms with Gasteiger partial charge in [-0.1, -0.05) is 84.9 Å². The van der Waals surface area contributed by atoms with Crippen LogP contribution in [-0.4, -0.2) is 4.98 Å². The number of furan rings is 2. The van der Waals surface area contributed by atoms with Gasteiger partial charge in [0.25, 0.3) is 0 Å². The molecule has 0 aliphatic carbocycles. The number of benzene rings is 8. The molecule has 0 N–H and O–H groups in total. The highest BCUT2D eigenvalue weighted by Gasteiger charge is 2.21. The van der Waals surface area contributed by atoms with Crippen molar-refractivity contribution in [3.63, 3.8) is 0 Å². The molecule has 0 aliphatic rings. The van der Waals surface area contributed by atoms with Gasteiger partial charge >= 0.3 is 0 Å². The SMILES string of the molecule is c1ccc2c(N(c3ccc4c(c3)oc3cccc(-c5nc6ccccc6o5)c34)c3ccc4oc5ccc6ccccc6c5c4c3)cccc2c1. The lowest BCUT2D eigenvalue weighted by atomic mass is 10.0. The van der Waals surface area contributed by atoms with E-state index in [1.807, 2.05) is 42.5 Å². The molecule has 0 fully saturated rings. The maximum absolute atomic E-state index is 6.59. The first kappa shape index (κ1) is 27.1. The van der Waals surface area contributed by atoms with Crippen molar-refractivity contribution < 1.29 is 13.3 Å². The average Bonchev–Trinajstić information content (AvgIpc) is 3.88. The van der Waals surface area contributed by atoms with Crippen molar-refractivity contribution in [3.8, 4) is 11.5 Å². The lowest BCUT2D eigenvalue weighted by molar-refractivity contribution is 0.620. The fraction of sp³-hybridized carbons (Fsp3) is 0. The number of hydrogen-bond acceptors (Lipinski definition) is 5. The first-order chi connectivity index (χ1) is 24.8. The quantitative estimate of drug-likeness (QED) is 0.191. The highest BCUT2D eigenvalue weighted by Crippen LogP contribution is 2.45. The Morgan fingerprint density at radius 1 is 0.400 bits per heavy atom. The molecule has 0 bridgehead atoms. The summed E-state index contributed by atoms with van der Waals surface area (Å²) >= 11 is 0. The number of para-hydroxylation sites is 2. The number of anilines is 3. The van der Waals surface area contributed by atoms with Crippen LogP contribution in [0.2, 0.25) is 0 Å². The molecule has 0 spiro atoms. The molecule has 0 unspecified atom stereocenters. The lowest BCUT2D eigenvalue weighted by Crippen LogP contribution is -2.10. The van der Waals surface area contributed by atoms with Crippen molar-refractivity contribution >= 4 is 93.6 Å². The second-order valence-corrected chi connectivity index (χ2v) is 12.7. The summed E-state index contributed by atoms with van der Waals surface area (Å²) in [6.45, 7) is 0. The molecule has 11 rings (SSSR count). The largest absolute Gasteiger partial charge is 0.456 e. The molecular weight excluding hydrogens is 617 g/mol. The number of aromatic nitrogens is 1. The molecule has 11 aromatic rings. The fourth-order valence-corrected chi connectivity index (χ4v) is 7.62. The zero-order chi connectivity index (χ0) is 32.8. The smallest absolute Gasteiger partial charge is 0.228 e. The Kier molecular flexibility index (Phi) is 5.60. The molecule has 3 aromatic heterocycles. The van der Waals surface area contributed by atoms with E-state index in [4.69, 9.17) is 18.2 Å². The van der Waals surface area contributed by atoms with Crippen LogP contribution in [0.3, 0.4) is 0 Å². The Labute approximate surface area is 285 Å². The van der Waals surface area contributed by atoms with Crippen LogP contribution in [0.5, 0.6) is 0 Å². The van der Waals surface area contributed by atoms with E-state index in [9.17, 15) is 0 Å². The number of oxazole rings is 1. The van der Waals surface area contributed by atoms with Crippen LogP contribution < -0.4 is 4.90 Å². The molecule has 0 saturated carbocycles. The average molecular weight is 643 g/mol. The van der Waals surface area contributed by atoms with E-state index in [0.717, 1.165) is 83.0 Å². The molecule has 5 nitrogen and oxygen atoms in total. The summed E-state index contributed by atoms with van der Waals surface area (Å²) in [6, 6.07) is 54.5. The van der Waals surface area contributed by atoms with Crippen molar-refractivity contribution in [2.75, 3.05) is 4.90 Å². The lowest BCUT2D eigenvalue weighted by Gasteiger charge is -2.27. The van der Waals surface area contributed by atoms with E-state index in [0.29, 0.717) is 5.89 Å². The number of hydrogen-bond donors (Lipinski definition) is 0. The highest BCUT2D eigenvalue weighted by atomic mass is 16.4. The highest BCUT2D eigenvalue weighted by molar-refractivity contribution is 6.19. The summed E-state index contributed by atoms with van der Waals surface area (Å²) < 4.78 is 19.2. The Morgan fingerprint density at radius 3 is 2.00 bits per heavy atom. The second-order valence-electron chi connectivity index (χ2n) is 12.7. The van der Waals surface area contributed by atoms with Crippen molar-refractivity contribution in [2.24, 2.45) is 0 Å². The molecule has 0 saturated heterocycles. The third kappa shape index (κ3) is 3.98.